The lowest BCUT2D eigenvalue weighted by molar-refractivity contribution is -0.172. The third kappa shape index (κ3) is 7.47. The van der Waals surface area contributed by atoms with Gasteiger partial charge in [0.1, 0.15) is 12.4 Å². The number of esters is 1. The third-order valence-corrected chi connectivity index (χ3v) is 9.82. The summed E-state index contributed by atoms with van der Waals surface area (Å²) in [6.07, 6.45) is 0.272. The molecule has 2 aromatic carbocycles. The zero-order valence-corrected chi connectivity index (χ0v) is 29.8. The summed E-state index contributed by atoms with van der Waals surface area (Å²) in [6, 6.07) is 12.8. The third-order valence-electron chi connectivity index (χ3n) is 9.82. The van der Waals surface area contributed by atoms with Crippen LogP contribution in [0.3, 0.4) is 0 Å². The number of amides is 4. The fourth-order valence-electron chi connectivity index (χ4n) is 6.97. The van der Waals surface area contributed by atoms with Crippen molar-refractivity contribution in [2.45, 2.75) is 77.7 Å². The Bertz CT molecular complexity index is 2300. The number of pyridine rings is 2. The normalized spacial score (nSPS) is 15.6. The van der Waals surface area contributed by atoms with Gasteiger partial charge in [-0.2, -0.15) is 0 Å². The number of alkyl carbamates (subject to hydrolysis) is 1. The van der Waals surface area contributed by atoms with Gasteiger partial charge in [-0.05, 0) is 66.8 Å². The minimum atomic E-state index is -1.45. The zero-order valence-electron chi connectivity index (χ0n) is 29.8. The van der Waals surface area contributed by atoms with Gasteiger partial charge in [0.05, 0.1) is 34.6 Å². The van der Waals surface area contributed by atoms with Gasteiger partial charge in [-0.15, -0.1) is 5.06 Å². The van der Waals surface area contributed by atoms with Gasteiger partial charge in [-0.3, -0.25) is 19.2 Å². The first kappa shape index (κ1) is 36.8. The number of hydrogen-bond acceptors (Lipinski definition) is 12. The molecule has 7 rings (SSSR count). The average Bonchev–Trinajstić information content (AvgIpc) is 3.70. The minimum absolute atomic E-state index is 0.00135. The van der Waals surface area contributed by atoms with E-state index in [1.54, 1.807) is 41.0 Å². The minimum Gasteiger partial charge on any atom is -0.508 e. The molecule has 16 heteroatoms. The molecule has 284 valence electrons. The van der Waals surface area contributed by atoms with Gasteiger partial charge in [0.2, 0.25) is 12.0 Å². The van der Waals surface area contributed by atoms with Crippen molar-refractivity contribution in [2.75, 3.05) is 6.54 Å². The maximum Gasteiger partial charge on any atom is 0.408 e. The van der Waals surface area contributed by atoms with Crippen molar-refractivity contribution in [1.29, 1.82) is 0 Å². The van der Waals surface area contributed by atoms with E-state index >= 15 is 0 Å². The van der Waals surface area contributed by atoms with E-state index in [1.165, 1.54) is 12.1 Å². The number of cyclic esters (lactones) is 1. The quantitative estimate of drug-likeness (QED) is 0.0948. The van der Waals surface area contributed by atoms with E-state index in [1.807, 2.05) is 6.92 Å². The van der Waals surface area contributed by atoms with Crippen LogP contribution in [0.1, 0.15) is 89.7 Å². The van der Waals surface area contributed by atoms with E-state index in [9.17, 15) is 38.7 Å². The van der Waals surface area contributed by atoms with Crippen LogP contribution in [-0.2, 0) is 59.6 Å². The Balaban J connectivity index is 0.873. The number of phenolic OH excluding ortho intramolecular Hbond substituents is 1. The fraction of sp³-hybridized carbons (Fsp3) is 0.333. The fourth-order valence-corrected chi connectivity index (χ4v) is 6.97. The lowest BCUT2D eigenvalue weighted by atomic mass is 9.97. The van der Waals surface area contributed by atoms with Crippen LogP contribution in [0.4, 0.5) is 4.79 Å². The summed E-state index contributed by atoms with van der Waals surface area (Å²) in [5.74, 6) is -2.83. The van der Waals surface area contributed by atoms with Crippen LogP contribution in [0, 0.1) is 0 Å². The number of rotatable bonds is 12. The van der Waals surface area contributed by atoms with Crippen molar-refractivity contribution in [3.8, 4) is 17.1 Å². The van der Waals surface area contributed by atoms with Gasteiger partial charge in [-0.25, -0.2) is 19.4 Å². The second-order valence-electron chi connectivity index (χ2n) is 13.4. The first-order valence-electron chi connectivity index (χ1n) is 18.0. The Kier molecular flexibility index (Phi) is 10.3. The second kappa shape index (κ2) is 15.4. The summed E-state index contributed by atoms with van der Waals surface area (Å²) >= 11 is 0. The Hall–Kier alpha value is -6.58. The summed E-state index contributed by atoms with van der Waals surface area (Å²) in [6.45, 7) is 2.44. The number of hydroxylamine groups is 2. The number of carbonyl (C=O) groups is 6. The summed E-state index contributed by atoms with van der Waals surface area (Å²) in [5.41, 5.74) is 4.54. The van der Waals surface area contributed by atoms with Crippen molar-refractivity contribution in [3.05, 3.63) is 92.3 Å². The van der Waals surface area contributed by atoms with Gasteiger partial charge in [0.15, 0.2) is 0 Å². The summed E-state index contributed by atoms with van der Waals surface area (Å²) in [7, 11) is 0. The summed E-state index contributed by atoms with van der Waals surface area (Å²) in [5, 5.41) is 16.8. The molecule has 1 atom stereocenters. The number of imide groups is 1. The lowest BCUT2D eigenvalue weighted by Crippen LogP contribution is -2.36. The molecule has 0 bridgehead atoms. The topological polar surface area (TPSA) is 213 Å². The molecule has 3 aliphatic rings. The number of nitrogens with zero attached hydrogens (tertiary/aromatic N) is 3. The number of fused-ring (bicyclic) bond motifs is 5. The Morgan fingerprint density at radius 3 is 2.45 bits per heavy atom. The number of aryl methyl sites for hydroxylation is 1. The molecule has 4 aromatic rings. The molecule has 3 N–H and O–H groups in total. The van der Waals surface area contributed by atoms with E-state index in [0.29, 0.717) is 47.7 Å². The molecule has 1 fully saturated rings. The van der Waals surface area contributed by atoms with Crippen molar-refractivity contribution < 1.29 is 48.2 Å². The SMILES string of the molecule is CCc1c2c(nc3ccc(O)cc13)-c1cc3c(c(=O)n1C2)COC(=O)[C@H]3OC(=O)NCCCCCC(=O)NCc1ccc(C(=O)ON2C(=O)CCC2=O)cc1. The molecule has 4 amide bonds. The van der Waals surface area contributed by atoms with Crippen LogP contribution >= 0.6 is 0 Å². The first-order valence-corrected chi connectivity index (χ1v) is 18.0. The number of benzene rings is 2. The molecule has 1 saturated heterocycles. The van der Waals surface area contributed by atoms with E-state index < -0.39 is 36.0 Å². The number of phenols is 1. The molecule has 5 heterocycles. The standard InChI is InChI=1S/C39H37N5O11/c1-2-24-25-16-23(45)11-12-29(25)42-34-27(24)19-43-30(34)17-26-28(36(43)49)20-53-38(51)35(26)54-39(52)40-15-5-3-4-6-31(46)41-18-21-7-9-22(10-8-21)37(50)55-44-32(47)13-14-33(44)48/h7-12,16-17,35,45H,2-6,13-15,18-20H2,1H3,(H,40,52)(H,41,46)/t35-/m0/s1. The highest BCUT2D eigenvalue weighted by molar-refractivity contribution is 6.02. The molecule has 55 heavy (non-hydrogen) atoms. The zero-order chi connectivity index (χ0) is 38.8. The van der Waals surface area contributed by atoms with E-state index in [0.717, 1.165) is 22.1 Å². The molecular weight excluding hydrogens is 714 g/mol. The summed E-state index contributed by atoms with van der Waals surface area (Å²) in [4.78, 5) is 97.0. The van der Waals surface area contributed by atoms with Crippen molar-refractivity contribution in [1.82, 2.24) is 25.2 Å². The Morgan fingerprint density at radius 1 is 0.945 bits per heavy atom. The van der Waals surface area contributed by atoms with Crippen LogP contribution < -0.4 is 16.2 Å². The molecule has 2 aromatic heterocycles. The number of nitrogens with one attached hydrogen (secondary N) is 2. The number of aromatic hydroxyl groups is 1. The highest BCUT2D eigenvalue weighted by Gasteiger charge is 2.38. The van der Waals surface area contributed by atoms with Crippen molar-refractivity contribution in [3.63, 3.8) is 0 Å². The predicted molar refractivity (Wildman–Crippen MR) is 192 cm³/mol. The van der Waals surface area contributed by atoms with E-state index in [-0.39, 0.29) is 79.4 Å². The van der Waals surface area contributed by atoms with Gasteiger partial charge in [-0.1, -0.05) is 25.5 Å². The van der Waals surface area contributed by atoms with Crippen molar-refractivity contribution >= 4 is 46.7 Å². The summed E-state index contributed by atoms with van der Waals surface area (Å²) < 4.78 is 12.3. The average molecular weight is 752 g/mol. The molecule has 0 radical (unpaired) electrons. The molecule has 0 saturated carbocycles. The van der Waals surface area contributed by atoms with Crippen LogP contribution in [0.5, 0.6) is 5.75 Å². The van der Waals surface area contributed by atoms with Gasteiger partial charge >= 0.3 is 18.0 Å². The van der Waals surface area contributed by atoms with Gasteiger partial charge < -0.3 is 34.6 Å². The monoisotopic (exact) mass is 751 g/mol. The molecule has 0 spiro atoms. The molecule has 0 aliphatic carbocycles. The molecule has 16 nitrogen and oxygen atoms in total. The second-order valence-corrected chi connectivity index (χ2v) is 13.4. The van der Waals surface area contributed by atoms with Crippen LogP contribution in [0.2, 0.25) is 0 Å². The van der Waals surface area contributed by atoms with Crippen LogP contribution in [0.15, 0.2) is 53.3 Å². The van der Waals surface area contributed by atoms with Crippen molar-refractivity contribution in [2.24, 2.45) is 0 Å². The Morgan fingerprint density at radius 2 is 1.71 bits per heavy atom. The Labute approximate surface area is 313 Å². The van der Waals surface area contributed by atoms with Gasteiger partial charge in [0, 0.05) is 48.9 Å². The largest absolute Gasteiger partial charge is 0.508 e. The number of ether oxygens (including phenoxy) is 2. The number of unbranched alkanes of at least 4 members (excludes halogenated alkanes) is 2. The highest BCUT2D eigenvalue weighted by Crippen LogP contribution is 2.39. The smallest absolute Gasteiger partial charge is 0.408 e. The first-order chi connectivity index (χ1) is 26.5. The maximum absolute atomic E-state index is 13.7. The highest BCUT2D eigenvalue weighted by atomic mass is 16.7. The maximum atomic E-state index is 13.7. The predicted octanol–water partition coefficient (Wildman–Crippen LogP) is 3.61. The van der Waals surface area contributed by atoms with Crippen LogP contribution in [0.25, 0.3) is 22.3 Å². The molecular formula is C39H37N5O11. The lowest BCUT2D eigenvalue weighted by Gasteiger charge is -2.25. The van der Waals surface area contributed by atoms with Gasteiger partial charge in [0.25, 0.3) is 17.4 Å². The van der Waals surface area contributed by atoms with E-state index in [2.05, 4.69) is 10.6 Å². The van der Waals surface area contributed by atoms with Crippen LogP contribution in [-0.4, -0.2) is 62.0 Å². The van der Waals surface area contributed by atoms with E-state index in [4.69, 9.17) is 19.3 Å². The number of hydrogen-bond donors (Lipinski definition) is 3. The number of carbonyl (C=O) groups excluding carboxylic acids is 6. The number of aromatic nitrogens is 2. The molecule has 0 unspecified atom stereocenters. The molecule has 3 aliphatic heterocycles.